The van der Waals surface area contributed by atoms with Gasteiger partial charge in [0.05, 0.1) is 10.6 Å². The molecule has 5 aromatic rings. The summed E-state index contributed by atoms with van der Waals surface area (Å²) in [6, 6.07) is 19.6. The smallest absolute Gasteiger partial charge is 0.269 e. The lowest BCUT2D eigenvalue weighted by atomic mass is 10.1. The predicted octanol–water partition coefficient (Wildman–Crippen LogP) is 5.85. The Balaban J connectivity index is 1.49. The van der Waals surface area contributed by atoms with E-state index >= 15 is 0 Å². The van der Waals surface area contributed by atoms with Gasteiger partial charge in [0.2, 0.25) is 0 Å². The minimum Gasteiger partial charge on any atom is -0.452 e. The topological polar surface area (TPSA) is 86.2 Å². The van der Waals surface area contributed by atoms with Gasteiger partial charge in [-0.25, -0.2) is 4.98 Å². The third-order valence-corrected chi connectivity index (χ3v) is 5.56. The van der Waals surface area contributed by atoms with Gasteiger partial charge in [0.15, 0.2) is 10.8 Å². The second kappa shape index (κ2) is 6.65. The summed E-state index contributed by atoms with van der Waals surface area (Å²) in [4.78, 5) is 27.6. The number of benzene rings is 3. The minimum absolute atomic E-state index is 0.00906. The molecule has 0 saturated heterocycles. The molecular weight excluding hydrogens is 388 g/mol. The Morgan fingerprint density at radius 2 is 1.79 bits per heavy atom. The van der Waals surface area contributed by atoms with Crippen LogP contribution in [-0.2, 0) is 0 Å². The summed E-state index contributed by atoms with van der Waals surface area (Å²) >= 11 is 1.22. The van der Waals surface area contributed by atoms with Crippen LogP contribution in [0.15, 0.2) is 76.5 Å². The number of fused-ring (bicyclic) bond motifs is 3. The van der Waals surface area contributed by atoms with Gasteiger partial charge in [-0.15, -0.1) is 11.3 Å². The molecule has 0 spiro atoms. The van der Waals surface area contributed by atoms with Gasteiger partial charge in [-0.05, 0) is 35.0 Å². The highest BCUT2D eigenvalue weighted by Gasteiger charge is 2.20. The third kappa shape index (κ3) is 2.97. The summed E-state index contributed by atoms with van der Waals surface area (Å²) < 4.78 is 5.79. The first kappa shape index (κ1) is 17.3. The molecule has 0 bridgehead atoms. The Hall–Kier alpha value is -3.84. The van der Waals surface area contributed by atoms with Crippen LogP contribution in [0.25, 0.3) is 33.0 Å². The average Bonchev–Trinajstić information content (AvgIpc) is 3.41. The summed E-state index contributed by atoms with van der Waals surface area (Å²) in [5, 5.41) is 15.8. The largest absolute Gasteiger partial charge is 0.452 e. The van der Waals surface area contributed by atoms with Gasteiger partial charge < -0.3 is 4.42 Å². The van der Waals surface area contributed by atoms with Crippen molar-refractivity contribution in [2.45, 2.75) is 0 Å². The van der Waals surface area contributed by atoms with Gasteiger partial charge in [0, 0.05) is 28.5 Å². The average molecular weight is 400 g/mol. The maximum atomic E-state index is 12.9. The number of non-ortho nitro benzene ring substituents is 1. The summed E-state index contributed by atoms with van der Waals surface area (Å²) in [6.07, 6.45) is 0. The molecule has 0 amide bonds. The zero-order chi connectivity index (χ0) is 20.0. The number of nitro benzene ring substituents is 1. The first-order valence-corrected chi connectivity index (χ1v) is 9.64. The Labute approximate surface area is 168 Å². The number of aromatic nitrogens is 1. The molecule has 5 rings (SSSR count). The fraction of sp³-hybridized carbons (Fsp3) is 0. The summed E-state index contributed by atoms with van der Waals surface area (Å²) in [5.74, 6) is -0.0515. The van der Waals surface area contributed by atoms with Crippen LogP contribution in [0.5, 0.6) is 0 Å². The molecule has 29 heavy (non-hydrogen) atoms. The van der Waals surface area contributed by atoms with E-state index in [1.54, 1.807) is 23.6 Å². The van der Waals surface area contributed by atoms with Crippen LogP contribution in [0, 0.1) is 10.1 Å². The number of hydrogen-bond acceptors (Lipinski definition) is 6. The van der Waals surface area contributed by atoms with E-state index in [1.165, 1.54) is 23.5 Å². The van der Waals surface area contributed by atoms with E-state index in [2.05, 4.69) is 4.98 Å². The van der Waals surface area contributed by atoms with Crippen LogP contribution in [0.1, 0.15) is 15.6 Å². The number of furan rings is 1. The van der Waals surface area contributed by atoms with E-state index in [0.29, 0.717) is 21.8 Å². The normalized spacial score (nSPS) is 11.2. The Morgan fingerprint density at radius 1 is 1.00 bits per heavy atom. The van der Waals surface area contributed by atoms with Crippen molar-refractivity contribution in [1.82, 2.24) is 4.98 Å². The van der Waals surface area contributed by atoms with Gasteiger partial charge >= 0.3 is 0 Å². The zero-order valence-corrected chi connectivity index (χ0v) is 15.7. The molecule has 0 aliphatic rings. The highest BCUT2D eigenvalue weighted by atomic mass is 32.1. The maximum Gasteiger partial charge on any atom is 0.269 e. The molecule has 3 aromatic carbocycles. The third-order valence-electron chi connectivity index (χ3n) is 4.72. The van der Waals surface area contributed by atoms with Crippen molar-refractivity contribution in [3.05, 3.63) is 93.0 Å². The molecule has 0 N–H and O–H groups in total. The van der Waals surface area contributed by atoms with Crippen LogP contribution in [0.2, 0.25) is 0 Å². The molecule has 0 fully saturated rings. The van der Waals surface area contributed by atoms with Crippen molar-refractivity contribution in [1.29, 1.82) is 0 Å². The fourth-order valence-corrected chi connectivity index (χ4v) is 4.05. The van der Waals surface area contributed by atoms with Gasteiger partial charge in [-0.3, -0.25) is 14.9 Å². The van der Waals surface area contributed by atoms with Gasteiger partial charge in [0.25, 0.3) is 11.5 Å². The van der Waals surface area contributed by atoms with Crippen molar-refractivity contribution in [2.75, 3.05) is 0 Å². The Kier molecular flexibility index (Phi) is 3.96. The molecule has 140 valence electrons. The van der Waals surface area contributed by atoms with Crippen LogP contribution >= 0.6 is 11.3 Å². The molecule has 0 unspecified atom stereocenters. The fourth-order valence-electron chi connectivity index (χ4n) is 3.27. The molecule has 7 heteroatoms. The first-order chi connectivity index (χ1) is 14.1. The molecule has 0 aliphatic carbocycles. The predicted molar refractivity (Wildman–Crippen MR) is 111 cm³/mol. The maximum absolute atomic E-state index is 12.9. The highest BCUT2D eigenvalue weighted by molar-refractivity contribution is 7.12. The number of nitro groups is 1. The molecule has 2 aromatic heterocycles. The van der Waals surface area contributed by atoms with Crippen LogP contribution in [-0.4, -0.2) is 15.7 Å². The van der Waals surface area contributed by atoms with Crippen molar-refractivity contribution < 1.29 is 14.1 Å². The van der Waals surface area contributed by atoms with E-state index in [4.69, 9.17) is 4.42 Å². The molecular formula is C22H12N2O4S. The lowest BCUT2D eigenvalue weighted by molar-refractivity contribution is -0.384. The lowest BCUT2D eigenvalue weighted by Gasteiger charge is -1.96. The second-order valence-electron chi connectivity index (χ2n) is 6.48. The molecule has 0 aliphatic heterocycles. The summed E-state index contributed by atoms with van der Waals surface area (Å²) in [5.41, 5.74) is 1.96. The first-order valence-electron chi connectivity index (χ1n) is 8.76. The monoisotopic (exact) mass is 400 g/mol. The van der Waals surface area contributed by atoms with Gasteiger partial charge in [-0.1, -0.05) is 30.3 Å². The lowest BCUT2D eigenvalue weighted by Crippen LogP contribution is -1.98. The second-order valence-corrected chi connectivity index (χ2v) is 7.34. The molecule has 2 heterocycles. The van der Waals surface area contributed by atoms with Crippen molar-refractivity contribution in [3.8, 4) is 11.3 Å². The number of carbonyl (C=O) groups excluding carboxylic acids is 1. The Bertz CT molecular complexity index is 1400. The molecule has 0 atom stereocenters. The van der Waals surface area contributed by atoms with E-state index < -0.39 is 4.92 Å². The van der Waals surface area contributed by atoms with E-state index in [1.807, 2.05) is 36.4 Å². The van der Waals surface area contributed by atoms with Gasteiger partial charge in [0.1, 0.15) is 5.58 Å². The van der Waals surface area contributed by atoms with E-state index in [-0.39, 0.29) is 17.2 Å². The number of hydrogen-bond donors (Lipinski definition) is 0. The van der Waals surface area contributed by atoms with Crippen molar-refractivity contribution in [3.63, 3.8) is 0 Å². The van der Waals surface area contributed by atoms with Crippen LogP contribution in [0.4, 0.5) is 5.69 Å². The van der Waals surface area contributed by atoms with E-state index in [0.717, 1.165) is 16.2 Å². The zero-order valence-electron chi connectivity index (χ0n) is 14.9. The number of thiazole rings is 1. The summed E-state index contributed by atoms with van der Waals surface area (Å²) in [6.45, 7) is 0. The van der Waals surface area contributed by atoms with Crippen molar-refractivity contribution >= 4 is 44.5 Å². The van der Waals surface area contributed by atoms with Crippen LogP contribution < -0.4 is 0 Å². The van der Waals surface area contributed by atoms with Crippen molar-refractivity contribution in [2.24, 2.45) is 0 Å². The Morgan fingerprint density at radius 3 is 2.59 bits per heavy atom. The SMILES string of the molecule is O=C(c1cc2c(ccc3ccccc32)o1)c1nc(-c2ccc([N+](=O)[O-])cc2)cs1. The van der Waals surface area contributed by atoms with Gasteiger partial charge in [-0.2, -0.15) is 0 Å². The number of nitrogens with zero attached hydrogens (tertiary/aromatic N) is 2. The molecule has 0 saturated carbocycles. The number of ketones is 1. The minimum atomic E-state index is -0.453. The quantitative estimate of drug-likeness (QED) is 0.215. The molecule has 0 radical (unpaired) electrons. The number of carbonyl (C=O) groups is 1. The standard InChI is InChI=1S/C22H12N2O4S/c25-21(20-11-17-16-4-2-1-3-13(16)7-10-19(17)28-20)22-23-18(12-29-22)14-5-8-15(9-6-14)24(26)27/h1-12H. The van der Waals surface area contributed by atoms with E-state index in [9.17, 15) is 14.9 Å². The highest BCUT2D eigenvalue weighted by Crippen LogP contribution is 2.30. The molecule has 6 nitrogen and oxygen atoms in total. The summed E-state index contributed by atoms with van der Waals surface area (Å²) in [7, 11) is 0. The number of rotatable bonds is 4. The van der Waals surface area contributed by atoms with Crippen LogP contribution in [0.3, 0.4) is 0 Å².